The molecule has 0 aromatic carbocycles. The summed E-state index contributed by atoms with van der Waals surface area (Å²) in [4.78, 5) is 4.59. The summed E-state index contributed by atoms with van der Waals surface area (Å²) in [5, 5.41) is 19.1. The fourth-order valence-corrected chi connectivity index (χ4v) is 2.42. The SMILES string of the molecule is CCNC(=NCc1nnc2ccccn12)NCCc1cnn(C)c1. The van der Waals surface area contributed by atoms with Crippen LogP contribution in [0.15, 0.2) is 41.8 Å². The zero-order chi connectivity index (χ0) is 16.8. The van der Waals surface area contributed by atoms with Gasteiger partial charge in [0.05, 0.1) is 6.20 Å². The number of aliphatic imine (C=N–C) groups is 1. The van der Waals surface area contributed by atoms with E-state index in [1.807, 2.05) is 59.8 Å². The molecule has 0 aliphatic carbocycles. The average molecular weight is 326 g/mol. The van der Waals surface area contributed by atoms with Gasteiger partial charge in [0.2, 0.25) is 0 Å². The van der Waals surface area contributed by atoms with Crippen molar-refractivity contribution >= 4 is 11.6 Å². The van der Waals surface area contributed by atoms with E-state index < -0.39 is 0 Å². The molecule has 3 aromatic heterocycles. The summed E-state index contributed by atoms with van der Waals surface area (Å²) in [6.45, 7) is 4.11. The number of guanidine groups is 1. The molecule has 126 valence electrons. The minimum atomic E-state index is 0.466. The number of hydrogen-bond donors (Lipinski definition) is 2. The second-order valence-electron chi connectivity index (χ2n) is 5.44. The smallest absolute Gasteiger partial charge is 0.191 e. The Morgan fingerprint density at radius 3 is 2.96 bits per heavy atom. The van der Waals surface area contributed by atoms with Crippen molar-refractivity contribution in [2.45, 2.75) is 19.9 Å². The van der Waals surface area contributed by atoms with Gasteiger partial charge < -0.3 is 10.6 Å². The summed E-state index contributed by atoms with van der Waals surface area (Å²) >= 11 is 0. The number of nitrogens with zero attached hydrogens (tertiary/aromatic N) is 6. The van der Waals surface area contributed by atoms with Gasteiger partial charge in [-0.1, -0.05) is 6.07 Å². The van der Waals surface area contributed by atoms with Crippen LogP contribution in [0.4, 0.5) is 0 Å². The Bertz CT molecular complexity index is 816. The highest BCUT2D eigenvalue weighted by Crippen LogP contribution is 2.03. The summed E-state index contributed by atoms with van der Waals surface area (Å²) < 4.78 is 3.76. The lowest BCUT2D eigenvalue weighted by atomic mass is 10.2. The van der Waals surface area contributed by atoms with Crippen molar-refractivity contribution in [2.24, 2.45) is 12.0 Å². The fourth-order valence-electron chi connectivity index (χ4n) is 2.42. The molecule has 0 spiro atoms. The number of fused-ring (bicyclic) bond motifs is 1. The molecule has 24 heavy (non-hydrogen) atoms. The Morgan fingerprint density at radius 1 is 1.25 bits per heavy atom. The van der Waals surface area contributed by atoms with Crippen molar-refractivity contribution in [3.63, 3.8) is 0 Å². The van der Waals surface area contributed by atoms with Crippen LogP contribution in [0.1, 0.15) is 18.3 Å². The highest BCUT2D eigenvalue weighted by molar-refractivity contribution is 5.79. The summed E-state index contributed by atoms with van der Waals surface area (Å²) in [6.07, 6.45) is 6.75. The topological polar surface area (TPSA) is 84.4 Å². The van der Waals surface area contributed by atoms with Gasteiger partial charge in [0.25, 0.3) is 0 Å². The molecule has 3 heterocycles. The van der Waals surface area contributed by atoms with E-state index in [1.54, 1.807) is 0 Å². The van der Waals surface area contributed by atoms with E-state index in [-0.39, 0.29) is 0 Å². The molecule has 0 aliphatic rings. The van der Waals surface area contributed by atoms with Crippen LogP contribution in [-0.2, 0) is 20.0 Å². The molecule has 0 saturated heterocycles. The first-order valence-electron chi connectivity index (χ1n) is 8.04. The molecule has 3 aromatic rings. The molecule has 0 radical (unpaired) electrons. The summed E-state index contributed by atoms with van der Waals surface area (Å²) in [7, 11) is 1.92. The van der Waals surface area contributed by atoms with E-state index in [4.69, 9.17) is 0 Å². The molecule has 8 heteroatoms. The molecule has 3 rings (SSSR count). The highest BCUT2D eigenvalue weighted by atomic mass is 15.3. The predicted octanol–water partition coefficient (Wildman–Crippen LogP) is 0.761. The lowest BCUT2D eigenvalue weighted by molar-refractivity contribution is 0.764. The molecule has 8 nitrogen and oxygen atoms in total. The van der Waals surface area contributed by atoms with Crippen LogP contribution < -0.4 is 10.6 Å². The zero-order valence-electron chi connectivity index (χ0n) is 14.0. The first-order chi connectivity index (χ1) is 11.8. The maximum atomic E-state index is 4.59. The number of hydrogen-bond acceptors (Lipinski definition) is 4. The van der Waals surface area contributed by atoms with Gasteiger partial charge in [-0.2, -0.15) is 5.10 Å². The van der Waals surface area contributed by atoms with Gasteiger partial charge in [-0.15, -0.1) is 10.2 Å². The second kappa shape index (κ2) is 7.58. The molecular formula is C16H22N8. The first kappa shape index (κ1) is 16.0. The maximum Gasteiger partial charge on any atom is 0.191 e. The molecule has 0 fully saturated rings. The average Bonchev–Trinajstić information content (AvgIpc) is 3.19. The largest absolute Gasteiger partial charge is 0.357 e. The Morgan fingerprint density at radius 2 is 2.17 bits per heavy atom. The van der Waals surface area contributed by atoms with Crippen LogP contribution in [-0.4, -0.2) is 43.4 Å². The quantitative estimate of drug-likeness (QED) is 0.516. The van der Waals surface area contributed by atoms with Crippen LogP contribution >= 0.6 is 0 Å². The number of pyridine rings is 1. The monoisotopic (exact) mass is 326 g/mol. The van der Waals surface area contributed by atoms with Gasteiger partial charge in [0.1, 0.15) is 6.54 Å². The summed E-state index contributed by atoms with van der Waals surface area (Å²) in [5.74, 6) is 1.59. The molecular weight excluding hydrogens is 304 g/mol. The molecule has 0 amide bonds. The summed E-state index contributed by atoms with van der Waals surface area (Å²) in [6, 6.07) is 5.83. The molecule has 0 saturated carbocycles. The van der Waals surface area contributed by atoms with Crippen molar-refractivity contribution < 1.29 is 0 Å². The minimum Gasteiger partial charge on any atom is -0.357 e. The van der Waals surface area contributed by atoms with Gasteiger partial charge in [-0.05, 0) is 31.0 Å². The molecule has 0 unspecified atom stereocenters. The Labute approximate surface area is 140 Å². The van der Waals surface area contributed by atoms with E-state index >= 15 is 0 Å². The predicted molar refractivity (Wildman–Crippen MR) is 92.7 cm³/mol. The van der Waals surface area contributed by atoms with Crippen molar-refractivity contribution in [3.05, 3.63) is 48.2 Å². The second-order valence-corrected chi connectivity index (χ2v) is 5.44. The Balaban J connectivity index is 1.60. The van der Waals surface area contributed by atoms with Crippen LogP contribution in [0, 0.1) is 0 Å². The van der Waals surface area contributed by atoms with Gasteiger partial charge >= 0.3 is 0 Å². The van der Waals surface area contributed by atoms with E-state index in [0.29, 0.717) is 6.54 Å². The number of nitrogens with one attached hydrogen (secondary N) is 2. The third-order valence-electron chi connectivity index (χ3n) is 3.57. The van der Waals surface area contributed by atoms with Crippen LogP contribution in [0.2, 0.25) is 0 Å². The maximum absolute atomic E-state index is 4.59. The van der Waals surface area contributed by atoms with E-state index in [0.717, 1.165) is 36.9 Å². The number of aryl methyl sites for hydroxylation is 1. The molecule has 0 atom stereocenters. The summed E-state index contributed by atoms with van der Waals surface area (Å²) in [5.41, 5.74) is 2.03. The van der Waals surface area contributed by atoms with E-state index in [9.17, 15) is 0 Å². The van der Waals surface area contributed by atoms with Gasteiger partial charge in [0.15, 0.2) is 17.4 Å². The van der Waals surface area contributed by atoms with E-state index in [2.05, 4.69) is 30.9 Å². The highest BCUT2D eigenvalue weighted by Gasteiger charge is 2.04. The van der Waals surface area contributed by atoms with Gasteiger partial charge in [-0.25, -0.2) is 4.99 Å². The lowest BCUT2D eigenvalue weighted by Gasteiger charge is -2.10. The van der Waals surface area contributed by atoms with Crippen LogP contribution in [0.3, 0.4) is 0 Å². The Hall–Kier alpha value is -2.90. The van der Waals surface area contributed by atoms with Gasteiger partial charge in [0, 0.05) is 32.5 Å². The third kappa shape index (κ3) is 3.89. The molecule has 0 aliphatic heterocycles. The molecule has 2 N–H and O–H groups in total. The van der Waals surface area contributed by atoms with Crippen molar-refractivity contribution in [1.82, 2.24) is 35.0 Å². The van der Waals surface area contributed by atoms with Gasteiger partial charge in [-0.3, -0.25) is 9.08 Å². The van der Waals surface area contributed by atoms with Crippen LogP contribution in [0.25, 0.3) is 5.65 Å². The number of aromatic nitrogens is 5. The van der Waals surface area contributed by atoms with Crippen molar-refractivity contribution in [1.29, 1.82) is 0 Å². The van der Waals surface area contributed by atoms with Crippen molar-refractivity contribution in [3.8, 4) is 0 Å². The zero-order valence-corrected chi connectivity index (χ0v) is 14.0. The van der Waals surface area contributed by atoms with Crippen molar-refractivity contribution in [2.75, 3.05) is 13.1 Å². The lowest BCUT2D eigenvalue weighted by Crippen LogP contribution is -2.38. The standard InChI is InChI=1S/C16H22N8/c1-3-17-16(18-8-7-13-10-20-23(2)12-13)19-11-15-22-21-14-6-4-5-9-24(14)15/h4-6,9-10,12H,3,7-8,11H2,1-2H3,(H2,17,18,19). The normalized spacial score (nSPS) is 11.8. The minimum absolute atomic E-state index is 0.466. The first-order valence-corrected chi connectivity index (χ1v) is 8.04. The van der Waals surface area contributed by atoms with Crippen LogP contribution in [0.5, 0.6) is 0 Å². The Kier molecular flexibility index (Phi) is 5.05. The fraction of sp³-hybridized carbons (Fsp3) is 0.375. The van der Waals surface area contributed by atoms with E-state index in [1.165, 1.54) is 5.56 Å². The third-order valence-corrected chi connectivity index (χ3v) is 3.57. The molecule has 0 bridgehead atoms. The number of rotatable bonds is 6.